The lowest BCUT2D eigenvalue weighted by Crippen LogP contribution is -2.45. The van der Waals surface area contributed by atoms with E-state index in [-0.39, 0.29) is 0 Å². The molecule has 2 nitrogen and oxygen atoms in total. The third kappa shape index (κ3) is 0.974. The Labute approximate surface area is 64.8 Å². The summed E-state index contributed by atoms with van der Waals surface area (Å²) in [5.74, 6) is 3.01. The van der Waals surface area contributed by atoms with E-state index in [0.29, 0.717) is 17.7 Å². The predicted molar refractivity (Wildman–Crippen MR) is 42.2 cm³/mol. The van der Waals surface area contributed by atoms with E-state index in [0.717, 1.165) is 24.5 Å². The summed E-state index contributed by atoms with van der Waals surface area (Å²) in [5, 5.41) is 3.37. The summed E-state index contributed by atoms with van der Waals surface area (Å²) in [6.07, 6.45) is 0.752. The van der Waals surface area contributed by atoms with Gasteiger partial charge < -0.3 is 5.32 Å². The molecule has 0 bridgehead atoms. The van der Waals surface area contributed by atoms with Gasteiger partial charge in [-0.05, 0) is 0 Å². The van der Waals surface area contributed by atoms with Crippen molar-refractivity contribution in [3.8, 4) is 0 Å². The summed E-state index contributed by atoms with van der Waals surface area (Å²) >= 11 is 1.90. The number of ketones is 1. The zero-order valence-electron chi connectivity index (χ0n) is 5.80. The van der Waals surface area contributed by atoms with Crippen LogP contribution in [0.2, 0.25) is 0 Å². The zero-order valence-corrected chi connectivity index (χ0v) is 6.62. The molecule has 1 N–H and O–H groups in total. The molecule has 0 amide bonds. The van der Waals surface area contributed by atoms with E-state index in [1.54, 1.807) is 0 Å². The van der Waals surface area contributed by atoms with Gasteiger partial charge in [-0.1, -0.05) is 0 Å². The number of carbonyl (C=O) groups excluding carboxylic acids is 1. The minimum Gasteiger partial charge on any atom is -0.312 e. The number of rotatable bonds is 0. The number of carbonyl (C=O) groups is 1. The highest BCUT2D eigenvalue weighted by atomic mass is 32.2. The zero-order chi connectivity index (χ0) is 6.97. The van der Waals surface area contributed by atoms with Crippen LogP contribution in [0.25, 0.3) is 0 Å². The molecule has 2 rings (SSSR count). The average molecular weight is 157 g/mol. The maximum absolute atomic E-state index is 11.2. The summed E-state index contributed by atoms with van der Waals surface area (Å²) in [5.41, 5.74) is 0. The van der Waals surface area contributed by atoms with Gasteiger partial charge in [-0.25, -0.2) is 0 Å². The Bertz CT molecular complexity index is 160. The maximum Gasteiger partial charge on any atom is 0.139 e. The lowest BCUT2D eigenvalue weighted by Gasteiger charge is -2.24. The fourth-order valence-corrected chi connectivity index (χ4v) is 3.05. The van der Waals surface area contributed by atoms with Gasteiger partial charge in [0.1, 0.15) is 5.78 Å². The average Bonchev–Trinajstić information content (AvgIpc) is 2.36. The molecule has 2 aliphatic heterocycles. The fraction of sp³-hybridized carbons (Fsp3) is 0.857. The van der Waals surface area contributed by atoms with Crippen LogP contribution in [0.1, 0.15) is 6.42 Å². The van der Waals surface area contributed by atoms with Gasteiger partial charge in [0.2, 0.25) is 0 Å². The summed E-state index contributed by atoms with van der Waals surface area (Å²) in [4.78, 5) is 11.2. The second kappa shape index (κ2) is 2.55. The summed E-state index contributed by atoms with van der Waals surface area (Å²) < 4.78 is 0. The SMILES string of the molecule is O=C1CCNC2CSCC12. The molecule has 2 saturated heterocycles. The van der Waals surface area contributed by atoms with Crippen LogP contribution in [-0.4, -0.2) is 29.9 Å². The molecule has 2 fully saturated rings. The van der Waals surface area contributed by atoms with Crippen molar-refractivity contribution in [2.75, 3.05) is 18.1 Å². The van der Waals surface area contributed by atoms with Crippen molar-refractivity contribution < 1.29 is 4.79 Å². The summed E-state index contributed by atoms with van der Waals surface area (Å²) in [6.45, 7) is 0.903. The lowest BCUT2D eigenvalue weighted by atomic mass is 9.93. The Hall–Kier alpha value is -0.0200. The molecule has 10 heavy (non-hydrogen) atoms. The number of piperidine rings is 1. The quantitative estimate of drug-likeness (QED) is 0.547. The van der Waals surface area contributed by atoms with E-state index in [4.69, 9.17) is 0 Å². The second-order valence-electron chi connectivity index (χ2n) is 2.92. The fourth-order valence-electron chi connectivity index (χ4n) is 1.64. The second-order valence-corrected chi connectivity index (χ2v) is 4.00. The van der Waals surface area contributed by atoms with Gasteiger partial charge in [0.05, 0.1) is 0 Å². The van der Waals surface area contributed by atoms with E-state index in [1.165, 1.54) is 0 Å². The van der Waals surface area contributed by atoms with Crippen molar-refractivity contribution in [1.29, 1.82) is 0 Å². The molecule has 0 radical (unpaired) electrons. The molecule has 56 valence electrons. The van der Waals surface area contributed by atoms with Crippen LogP contribution in [0.5, 0.6) is 0 Å². The molecule has 2 heterocycles. The largest absolute Gasteiger partial charge is 0.312 e. The van der Waals surface area contributed by atoms with Crippen LogP contribution >= 0.6 is 11.8 Å². The molecule has 0 spiro atoms. The van der Waals surface area contributed by atoms with Crippen molar-refractivity contribution in [2.24, 2.45) is 5.92 Å². The van der Waals surface area contributed by atoms with E-state index in [9.17, 15) is 4.79 Å². The molecular weight excluding hydrogens is 146 g/mol. The minimum atomic E-state index is 0.346. The molecule has 2 atom stereocenters. The van der Waals surface area contributed by atoms with Crippen LogP contribution in [0.4, 0.5) is 0 Å². The molecule has 0 aromatic heterocycles. The number of fused-ring (bicyclic) bond motifs is 1. The monoisotopic (exact) mass is 157 g/mol. The van der Waals surface area contributed by atoms with Crippen molar-refractivity contribution in [3.63, 3.8) is 0 Å². The highest BCUT2D eigenvalue weighted by molar-refractivity contribution is 7.99. The predicted octanol–water partition coefficient (Wildman–Crippen LogP) is 0.280. The molecule has 0 aromatic carbocycles. The van der Waals surface area contributed by atoms with Crippen molar-refractivity contribution in [1.82, 2.24) is 5.32 Å². The van der Waals surface area contributed by atoms with Crippen molar-refractivity contribution >= 4 is 17.5 Å². The molecule has 0 aliphatic carbocycles. The Morgan fingerprint density at radius 3 is 3.20 bits per heavy atom. The number of hydrogen-bond acceptors (Lipinski definition) is 3. The first-order valence-electron chi connectivity index (χ1n) is 3.72. The van der Waals surface area contributed by atoms with Gasteiger partial charge in [-0.3, -0.25) is 4.79 Å². The molecule has 2 aliphatic rings. The minimum absolute atomic E-state index is 0.346. The first kappa shape index (κ1) is 6.68. The van der Waals surface area contributed by atoms with E-state index in [1.807, 2.05) is 11.8 Å². The standard InChI is InChI=1S/C7H11NOS/c9-7-1-2-8-6-4-10-3-5(6)7/h5-6,8H,1-4H2. The smallest absolute Gasteiger partial charge is 0.139 e. The highest BCUT2D eigenvalue weighted by Gasteiger charge is 2.35. The van der Waals surface area contributed by atoms with Crippen LogP contribution in [0.3, 0.4) is 0 Å². The highest BCUT2D eigenvalue weighted by Crippen LogP contribution is 2.27. The molecular formula is C7H11NOS. The number of thioether (sulfide) groups is 1. The molecule has 3 heteroatoms. The van der Waals surface area contributed by atoms with Crippen LogP contribution < -0.4 is 5.32 Å². The third-order valence-electron chi connectivity index (χ3n) is 2.27. The van der Waals surface area contributed by atoms with Gasteiger partial charge in [0.15, 0.2) is 0 Å². The third-order valence-corrected chi connectivity index (χ3v) is 3.46. The number of hydrogen-bond donors (Lipinski definition) is 1. The van der Waals surface area contributed by atoms with E-state index in [2.05, 4.69) is 5.32 Å². The van der Waals surface area contributed by atoms with Crippen LogP contribution in [0, 0.1) is 5.92 Å². The van der Waals surface area contributed by atoms with Crippen molar-refractivity contribution in [2.45, 2.75) is 12.5 Å². The Morgan fingerprint density at radius 1 is 1.50 bits per heavy atom. The molecule has 2 unspecified atom stereocenters. The van der Waals surface area contributed by atoms with E-state index < -0.39 is 0 Å². The van der Waals surface area contributed by atoms with Crippen LogP contribution in [-0.2, 0) is 4.79 Å². The Kier molecular flexibility index (Phi) is 1.70. The Balaban J connectivity index is 2.10. The molecule has 0 saturated carbocycles. The van der Waals surface area contributed by atoms with E-state index >= 15 is 0 Å². The van der Waals surface area contributed by atoms with Gasteiger partial charge in [0.25, 0.3) is 0 Å². The first-order chi connectivity index (χ1) is 4.88. The number of Topliss-reactive ketones (excluding diaryl/α,β-unsaturated/α-hetero) is 1. The van der Waals surface area contributed by atoms with Gasteiger partial charge >= 0.3 is 0 Å². The van der Waals surface area contributed by atoms with Crippen LogP contribution in [0.15, 0.2) is 0 Å². The summed E-state index contributed by atoms with van der Waals surface area (Å²) in [7, 11) is 0. The Morgan fingerprint density at radius 2 is 2.40 bits per heavy atom. The summed E-state index contributed by atoms with van der Waals surface area (Å²) in [6, 6.07) is 0.506. The first-order valence-corrected chi connectivity index (χ1v) is 4.87. The van der Waals surface area contributed by atoms with Crippen molar-refractivity contribution in [3.05, 3.63) is 0 Å². The van der Waals surface area contributed by atoms with Gasteiger partial charge in [-0.15, -0.1) is 0 Å². The maximum atomic E-state index is 11.2. The number of nitrogens with one attached hydrogen (secondary N) is 1. The topological polar surface area (TPSA) is 29.1 Å². The van der Waals surface area contributed by atoms with Gasteiger partial charge in [-0.2, -0.15) is 11.8 Å². The normalized spacial score (nSPS) is 39.8. The molecule has 0 aromatic rings. The lowest BCUT2D eigenvalue weighted by molar-refractivity contribution is -0.124. The van der Waals surface area contributed by atoms with Gasteiger partial charge in [0, 0.05) is 36.4 Å².